The summed E-state index contributed by atoms with van der Waals surface area (Å²) >= 11 is 0. The van der Waals surface area contributed by atoms with Crippen LogP contribution in [0.2, 0.25) is 13.0 Å². The Morgan fingerprint density at radius 2 is 1.68 bits per heavy atom. The van der Waals surface area contributed by atoms with E-state index in [9.17, 15) is 14.9 Å². The van der Waals surface area contributed by atoms with Crippen molar-refractivity contribution < 1.29 is 37.2 Å². The summed E-state index contributed by atoms with van der Waals surface area (Å²) in [5.41, 5.74) is 0.0878. The number of unbranched alkanes of at least 4 members (excludes halogenated alkanes) is 1. The molecule has 10 nitrogen and oxygen atoms in total. The quantitative estimate of drug-likeness (QED) is 0.0658. The van der Waals surface area contributed by atoms with Crippen molar-refractivity contribution >= 4 is 20.5 Å². The molecule has 0 N–H and O–H groups in total. The largest absolute Gasteiger partial charge is 0.374 e. The van der Waals surface area contributed by atoms with Crippen LogP contribution in [0, 0.1) is 10.1 Å². The molecule has 1 aromatic rings. The molecule has 0 radical (unpaired) electrons. The molecular weight excluding hydrogens is 717 g/mol. The van der Waals surface area contributed by atoms with Crippen molar-refractivity contribution in [2.45, 2.75) is 66.0 Å². The summed E-state index contributed by atoms with van der Waals surface area (Å²) in [5, 5.41) is 11.6. The average Bonchev–Trinajstić information content (AvgIpc) is 2.81. The predicted octanol–water partition coefficient (Wildman–Crippen LogP) is 4.60. The van der Waals surface area contributed by atoms with Crippen molar-refractivity contribution in [3.8, 4) is 11.5 Å². The molecule has 34 heavy (non-hydrogen) atoms. The number of rotatable bonds is 19. The van der Waals surface area contributed by atoms with Gasteiger partial charge in [0.2, 0.25) is 0 Å². The SMILES string of the molecule is CCO[Si](CCCCC(=O)OCc1cc(OC)c(OCC[CH2][Rf])cc1[N+](=O)[O-])(OCC)OCC. The van der Waals surface area contributed by atoms with Crippen molar-refractivity contribution in [1.82, 2.24) is 0 Å². The summed E-state index contributed by atoms with van der Waals surface area (Å²) in [4.78, 5) is 23.3. The maximum absolute atomic E-state index is 12.3. The van der Waals surface area contributed by atoms with Gasteiger partial charge < -0.3 is 13.3 Å². The van der Waals surface area contributed by atoms with Crippen molar-refractivity contribution in [2.24, 2.45) is 0 Å². The molecule has 0 atom stereocenters. The van der Waals surface area contributed by atoms with Gasteiger partial charge in [-0.15, -0.1) is 0 Å². The van der Waals surface area contributed by atoms with Gasteiger partial charge in [0.25, 0.3) is 0 Å². The van der Waals surface area contributed by atoms with E-state index >= 15 is 0 Å². The predicted molar refractivity (Wildman–Crippen MR) is 124 cm³/mol. The van der Waals surface area contributed by atoms with Crippen molar-refractivity contribution in [3.63, 3.8) is 0 Å². The zero-order valence-electron chi connectivity index (χ0n) is 20.8. The smallest absolute Gasteiger partial charge is 0.0355 e. The van der Waals surface area contributed by atoms with Crippen LogP contribution in [-0.4, -0.2) is 53.2 Å². The monoisotopic (exact) mass is 753 g/mol. The molecule has 0 aliphatic carbocycles. The third-order valence-corrected chi connectivity index (χ3v) is 10.2. The minimum atomic E-state index is -2.74. The summed E-state index contributed by atoms with van der Waals surface area (Å²) in [6, 6.07) is 3.44. The van der Waals surface area contributed by atoms with Crippen molar-refractivity contribution in [2.75, 3.05) is 33.5 Å². The number of ether oxygens (including phenoxy) is 3. The van der Waals surface area contributed by atoms with Crippen LogP contribution in [-0.2, 0) is 29.4 Å². The van der Waals surface area contributed by atoms with E-state index in [4.69, 9.17) is 27.5 Å². The molecular formula is C22H36NO9RfSi. The molecule has 0 amide bonds. The molecule has 0 aliphatic rings. The Morgan fingerprint density at radius 3 is 2.21 bits per heavy atom. The van der Waals surface area contributed by atoms with Crippen LogP contribution in [0.5, 0.6) is 11.5 Å². The summed E-state index contributed by atoms with van der Waals surface area (Å²) < 4.78 is 34.3. The number of hydrogen-bond acceptors (Lipinski definition) is 9. The summed E-state index contributed by atoms with van der Waals surface area (Å²) in [5.74, 6) is 0.262. The van der Waals surface area contributed by atoms with Crippen LogP contribution in [0.15, 0.2) is 12.1 Å². The Bertz CT molecular complexity index is 749. The minimum absolute atomic E-state index is 0.167. The first-order valence-corrected chi connectivity index (χ1v) is 18.2. The first kappa shape index (κ1) is 28.8. The Hall–Kier alpha value is -3.21. The van der Waals surface area contributed by atoms with Gasteiger partial charge in [0.15, 0.2) is 0 Å². The number of carbonyl (C=O) groups excluding carboxylic acids is 1. The van der Waals surface area contributed by atoms with Crippen LogP contribution in [0.1, 0.15) is 52.0 Å². The fourth-order valence-corrected chi connectivity index (χ4v) is 6.89. The average molecular weight is 754 g/mol. The van der Waals surface area contributed by atoms with E-state index in [1.54, 1.807) is 0 Å². The van der Waals surface area contributed by atoms with E-state index < -0.39 is 19.7 Å². The van der Waals surface area contributed by atoms with Gasteiger partial charge in [0.1, 0.15) is 0 Å². The van der Waals surface area contributed by atoms with E-state index in [1.807, 2.05) is 20.8 Å². The molecule has 189 valence electrons. The number of methoxy groups -OCH3 is 1. The van der Waals surface area contributed by atoms with Gasteiger partial charge in [-0.3, -0.25) is 0 Å². The molecule has 0 saturated carbocycles. The molecule has 0 saturated heterocycles. The van der Waals surface area contributed by atoms with Gasteiger partial charge in [-0.25, -0.2) is 0 Å². The van der Waals surface area contributed by atoms with Gasteiger partial charge >= 0.3 is 124 Å². The van der Waals surface area contributed by atoms with Gasteiger partial charge in [-0.2, -0.15) is 0 Å². The first-order chi connectivity index (χ1) is 16.4. The molecule has 0 unspecified atom stereocenters. The molecule has 1 rings (SSSR count). The van der Waals surface area contributed by atoms with E-state index in [1.165, 1.54) is 19.2 Å². The van der Waals surface area contributed by atoms with Crippen LogP contribution in [0.3, 0.4) is 0 Å². The second-order valence-electron chi connectivity index (χ2n) is 7.29. The number of nitro groups is 1. The normalized spacial score (nSPS) is 11.4. The van der Waals surface area contributed by atoms with E-state index in [0.717, 1.165) is 13.3 Å². The molecule has 0 aliphatic heterocycles. The second kappa shape index (κ2) is 15.6. The third-order valence-electron chi connectivity index (χ3n) is 4.81. The number of carbonyl (C=O) groups is 1. The summed E-state index contributed by atoms with van der Waals surface area (Å²) in [7, 11) is -1.27. The maximum atomic E-state index is 12.3. The molecule has 0 bridgehead atoms. The molecule has 0 fully saturated rings. The zero-order valence-corrected chi connectivity index (χ0v) is 28.2. The number of benzene rings is 1. The maximum Gasteiger partial charge on any atom is 0.0355 e. The Morgan fingerprint density at radius 1 is 1.03 bits per heavy atom. The van der Waals surface area contributed by atoms with Crippen molar-refractivity contribution in [3.05, 3.63) is 27.8 Å². The van der Waals surface area contributed by atoms with Gasteiger partial charge in [-0.05, 0) is 33.6 Å². The Kier molecular flexibility index (Phi) is 13.2. The first-order valence-electron chi connectivity index (χ1n) is 11.7. The topological polar surface area (TPSA) is 116 Å². The fraction of sp³-hybridized carbons (Fsp3) is 0.682. The number of hydrogen-bond donors (Lipinski definition) is 0. The summed E-state index contributed by atoms with van der Waals surface area (Å²) in [6.07, 6.45) is 2.35. The molecule has 1 aromatic carbocycles. The Labute approximate surface area is 197 Å². The van der Waals surface area contributed by atoms with Crippen LogP contribution in [0.4, 0.5) is 5.69 Å². The van der Waals surface area contributed by atoms with Gasteiger partial charge in [0, 0.05) is 25.9 Å². The standard InChI is InChI=1S/C22H36NO9Si.Rf/c1-6-13-28-21-16-19(23(25)26)18(15-20(21)27-5)17-29-22(24)12-10-11-14-33(30-7-2,31-8-3)32-9-4;/h15-16H,1,6-14,17H2,2-5H3;. The number of nitro benzene ring substituents is 1. The summed E-state index contributed by atoms with van der Waals surface area (Å²) in [6.45, 7) is 8.61. The van der Waals surface area contributed by atoms with Gasteiger partial charge in [-0.1, -0.05) is 0 Å². The van der Waals surface area contributed by atoms with Crippen LogP contribution in [0.25, 0.3) is 0 Å². The Balaban J connectivity index is 2.69. The minimum Gasteiger partial charge on any atom is -0.374 e. The number of nitrogens with zero attached hydrogens (tertiary/aromatic N) is 1. The zero-order chi connectivity index (χ0) is 25.4. The second-order valence-corrected chi connectivity index (χ2v) is 13.2. The third kappa shape index (κ3) is 9.34. The molecule has 0 aromatic heterocycles. The van der Waals surface area contributed by atoms with Crippen LogP contribution >= 0.6 is 0 Å². The molecule has 0 heterocycles. The fourth-order valence-electron chi connectivity index (χ4n) is 3.28. The van der Waals surface area contributed by atoms with Crippen LogP contribution < -0.4 is 9.47 Å². The van der Waals surface area contributed by atoms with Crippen molar-refractivity contribution in [1.29, 1.82) is 0 Å². The number of esters is 1. The van der Waals surface area contributed by atoms with E-state index in [0.29, 0.717) is 56.8 Å². The van der Waals surface area contributed by atoms with Gasteiger partial charge in [0.05, 0.1) is 0 Å². The van der Waals surface area contributed by atoms with E-state index in [2.05, 4.69) is 0 Å². The van der Waals surface area contributed by atoms with E-state index in [-0.39, 0.29) is 24.3 Å². The molecule has 12 heteroatoms. The molecule has 0 spiro atoms.